The van der Waals surface area contributed by atoms with E-state index in [9.17, 15) is 14.9 Å². The summed E-state index contributed by atoms with van der Waals surface area (Å²) in [5, 5.41) is 19.1. The van der Waals surface area contributed by atoms with Gasteiger partial charge in [0.1, 0.15) is 11.1 Å². The standard InChI is InChI=1S/C28H24N4O2S/c1-18-22(17-29)28(32-27(34)20-8-4-3-5-9-20)35-25(18)16-19-12-14-21(15-13-19)26(33)31-24-11-7-6-10-23(24)30-2/h3-15,30H,16H2,1-2H3,(H,31,33)(H,32,34). The molecule has 7 heteroatoms. The molecule has 0 unspecified atom stereocenters. The van der Waals surface area contributed by atoms with Crippen molar-refractivity contribution in [2.75, 3.05) is 23.0 Å². The van der Waals surface area contributed by atoms with Crippen molar-refractivity contribution in [2.24, 2.45) is 0 Å². The van der Waals surface area contributed by atoms with Gasteiger partial charge in [-0.3, -0.25) is 9.59 Å². The molecule has 0 aliphatic rings. The molecule has 0 saturated carbocycles. The molecule has 1 aromatic heterocycles. The Hall–Kier alpha value is -4.41. The van der Waals surface area contributed by atoms with Crippen molar-refractivity contribution >= 4 is 39.5 Å². The number of amides is 2. The van der Waals surface area contributed by atoms with E-state index in [4.69, 9.17) is 0 Å². The lowest BCUT2D eigenvalue weighted by molar-refractivity contribution is 0.101. The van der Waals surface area contributed by atoms with Crippen LogP contribution >= 0.6 is 11.3 Å². The zero-order chi connectivity index (χ0) is 24.8. The van der Waals surface area contributed by atoms with Crippen LogP contribution in [0.4, 0.5) is 16.4 Å². The summed E-state index contributed by atoms with van der Waals surface area (Å²) in [6.07, 6.45) is 0.594. The molecule has 2 amide bonds. The van der Waals surface area contributed by atoms with E-state index < -0.39 is 0 Å². The van der Waals surface area contributed by atoms with E-state index >= 15 is 0 Å². The first-order chi connectivity index (χ1) is 17.0. The van der Waals surface area contributed by atoms with E-state index in [2.05, 4.69) is 22.0 Å². The number of carbonyl (C=O) groups is 2. The fourth-order valence-corrected chi connectivity index (χ4v) is 4.87. The minimum atomic E-state index is -0.245. The van der Waals surface area contributed by atoms with Gasteiger partial charge in [-0.2, -0.15) is 5.26 Å². The highest BCUT2D eigenvalue weighted by Gasteiger charge is 2.18. The van der Waals surface area contributed by atoms with Crippen molar-refractivity contribution in [3.8, 4) is 6.07 Å². The molecule has 0 bridgehead atoms. The Kier molecular flexibility index (Phi) is 7.24. The topological polar surface area (TPSA) is 94.0 Å². The average Bonchev–Trinajstić information content (AvgIpc) is 3.18. The number of nitrogens with one attached hydrogen (secondary N) is 3. The van der Waals surface area contributed by atoms with E-state index in [1.54, 1.807) is 36.4 Å². The molecular weight excluding hydrogens is 456 g/mol. The number of nitriles is 1. The Bertz CT molecular complexity index is 1400. The summed E-state index contributed by atoms with van der Waals surface area (Å²) in [5.41, 5.74) is 4.99. The zero-order valence-corrected chi connectivity index (χ0v) is 20.2. The van der Waals surface area contributed by atoms with Crippen LogP contribution in [0.5, 0.6) is 0 Å². The van der Waals surface area contributed by atoms with E-state index in [1.807, 2.05) is 56.4 Å². The van der Waals surface area contributed by atoms with Crippen LogP contribution in [-0.4, -0.2) is 18.9 Å². The number of anilines is 3. The minimum absolute atomic E-state index is 0.191. The Morgan fingerprint density at radius 1 is 0.829 bits per heavy atom. The number of para-hydroxylation sites is 2. The molecule has 1 heterocycles. The molecule has 4 aromatic rings. The van der Waals surface area contributed by atoms with Gasteiger partial charge in [0.25, 0.3) is 11.8 Å². The van der Waals surface area contributed by atoms with Gasteiger partial charge in [-0.1, -0.05) is 42.5 Å². The lowest BCUT2D eigenvalue weighted by atomic mass is 10.0. The van der Waals surface area contributed by atoms with Crippen LogP contribution in [0.1, 0.15) is 42.3 Å². The second kappa shape index (κ2) is 10.7. The van der Waals surface area contributed by atoms with Gasteiger partial charge in [-0.25, -0.2) is 0 Å². The number of nitrogens with zero attached hydrogens (tertiary/aromatic N) is 1. The van der Waals surface area contributed by atoms with Crippen LogP contribution in [0, 0.1) is 18.3 Å². The summed E-state index contributed by atoms with van der Waals surface area (Å²) < 4.78 is 0. The number of carbonyl (C=O) groups excluding carboxylic acids is 2. The maximum Gasteiger partial charge on any atom is 0.256 e. The molecule has 0 aliphatic heterocycles. The molecule has 6 nitrogen and oxygen atoms in total. The predicted molar refractivity (Wildman–Crippen MR) is 141 cm³/mol. The summed E-state index contributed by atoms with van der Waals surface area (Å²) in [5.74, 6) is -0.436. The summed E-state index contributed by atoms with van der Waals surface area (Å²) in [4.78, 5) is 26.3. The molecule has 4 rings (SSSR count). The Morgan fingerprint density at radius 3 is 2.09 bits per heavy atom. The summed E-state index contributed by atoms with van der Waals surface area (Å²) in [6.45, 7) is 1.89. The number of hydrogen-bond acceptors (Lipinski definition) is 5. The monoisotopic (exact) mass is 480 g/mol. The Labute approximate surface area is 208 Å². The van der Waals surface area contributed by atoms with Crippen LogP contribution in [0.15, 0.2) is 78.9 Å². The van der Waals surface area contributed by atoms with Gasteiger partial charge in [0, 0.05) is 29.5 Å². The van der Waals surface area contributed by atoms with Crippen molar-refractivity contribution in [3.63, 3.8) is 0 Å². The minimum Gasteiger partial charge on any atom is -0.386 e. The van der Waals surface area contributed by atoms with Gasteiger partial charge in [0.2, 0.25) is 0 Å². The molecule has 0 fully saturated rings. The first kappa shape index (κ1) is 23.7. The summed E-state index contributed by atoms with van der Waals surface area (Å²) >= 11 is 1.40. The average molecular weight is 481 g/mol. The van der Waals surface area contributed by atoms with E-state index in [0.29, 0.717) is 33.8 Å². The van der Waals surface area contributed by atoms with Gasteiger partial charge in [0.15, 0.2) is 0 Å². The maximum absolute atomic E-state index is 12.7. The van der Waals surface area contributed by atoms with E-state index in [1.165, 1.54) is 11.3 Å². The van der Waals surface area contributed by atoms with Crippen LogP contribution in [0.2, 0.25) is 0 Å². The van der Waals surface area contributed by atoms with Crippen LogP contribution in [-0.2, 0) is 6.42 Å². The molecule has 0 atom stereocenters. The second-order valence-electron chi connectivity index (χ2n) is 7.91. The lowest BCUT2D eigenvalue weighted by Gasteiger charge is -2.10. The van der Waals surface area contributed by atoms with Gasteiger partial charge < -0.3 is 16.0 Å². The van der Waals surface area contributed by atoms with Gasteiger partial charge in [0.05, 0.1) is 16.9 Å². The van der Waals surface area contributed by atoms with Crippen molar-refractivity contribution in [2.45, 2.75) is 13.3 Å². The quantitative estimate of drug-likeness (QED) is 0.299. The van der Waals surface area contributed by atoms with Crippen molar-refractivity contribution in [3.05, 3.63) is 112 Å². The molecule has 174 valence electrons. The van der Waals surface area contributed by atoms with Gasteiger partial charge in [-0.05, 0) is 54.4 Å². The molecule has 3 aromatic carbocycles. The highest BCUT2D eigenvalue weighted by molar-refractivity contribution is 7.16. The summed E-state index contributed by atoms with van der Waals surface area (Å²) in [7, 11) is 1.81. The number of rotatable bonds is 7. The number of thiophene rings is 1. The molecule has 0 spiro atoms. The third kappa shape index (κ3) is 5.40. The zero-order valence-electron chi connectivity index (χ0n) is 19.4. The number of hydrogen-bond donors (Lipinski definition) is 3. The Morgan fingerprint density at radius 2 is 1.43 bits per heavy atom. The normalized spacial score (nSPS) is 10.3. The van der Waals surface area contributed by atoms with Gasteiger partial charge in [-0.15, -0.1) is 11.3 Å². The third-order valence-corrected chi connectivity index (χ3v) is 6.85. The highest BCUT2D eigenvalue weighted by atomic mass is 32.1. The first-order valence-electron chi connectivity index (χ1n) is 11.1. The third-order valence-electron chi connectivity index (χ3n) is 5.65. The summed E-state index contributed by atoms with van der Waals surface area (Å²) in [6, 6.07) is 26.1. The Balaban J connectivity index is 1.48. The largest absolute Gasteiger partial charge is 0.386 e. The highest BCUT2D eigenvalue weighted by Crippen LogP contribution is 2.34. The fraction of sp³-hybridized carbons (Fsp3) is 0.107. The first-order valence-corrected chi connectivity index (χ1v) is 11.9. The number of benzene rings is 3. The SMILES string of the molecule is CNc1ccccc1NC(=O)c1ccc(Cc2sc(NC(=O)c3ccccc3)c(C#N)c2C)cc1. The lowest BCUT2D eigenvalue weighted by Crippen LogP contribution is -2.13. The predicted octanol–water partition coefficient (Wildman–Crippen LogP) is 6.07. The van der Waals surface area contributed by atoms with Crippen LogP contribution < -0.4 is 16.0 Å². The van der Waals surface area contributed by atoms with Crippen LogP contribution in [0.25, 0.3) is 0 Å². The van der Waals surface area contributed by atoms with Crippen molar-refractivity contribution in [1.29, 1.82) is 5.26 Å². The van der Waals surface area contributed by atoms with E-state index in [0.717, 1.165) is 21.7 Å². The molecule has 3 N–H and O–H groups in total. The molecule has 0 radical (unpaired) electrons. The fourth-order valence-electron chi connectivity index (χ4n) is 3.68. The molecule has 0 aliphatic carbocycles. The van der Waals surface area contributed by atoms with Gasteiger partial charge >= 0.3 is 0 Å². The van der Waals surface area contributed by atoms with Crippen molar-refractivity contribution in [1.82, 2.24) is 0 Å². The smallest absolute Gasteiger partial charge is 0.256 e. The van der Waals surface area contributed by atoms with Crippen molar-refractivity contribution < 1.29 is 9.59 Å². The molecule has 0 saturated heterocycles. The second-order valence-corrected chi connectivity index (χ2v) is 9.01. The maximum atomic E-state index is 12.7. The van der Waals surface area contributed by atoms with Crippen LogP contribution in [0.3, 0.4) is 0 Å². The van der Waals surface area contributed by atoms with E-state index in [-0.39, 0.29) is 11.8 Å². The molecular formula is C28H24N4O2S. The molecule has 35 heavy (non-hydrogen) atoms.